The Morgan fingerprint density at radius 3 is 2.67 bits per heavy atom. The van der Waals surface area contributed by atoms with E-state index in [1.807, 2.05) is 0 Å². The van der Waals surface area contributed by atoms with Crippen molar-refractivity contribution in [2.24, 2.45) is 23.2 Å². The fourth-order valence-electron chi connectivity index (χ4n) is 4.84. The minimum absolute atomic E-state index is 0.670. The van der Waals surface area contributed by atoms with Crippen molar-refractivity contribution in [3.63, 3.8) is 0 Å². The molecular formula is C16H29NO. The van der Waals surface area contributed by atoms with E-state index in [-0.39, 0.29) is 0 Å². The van der Waals surface area contributed by atoms with Gasteiger partial charge >= 0.3 is 0 Å². The molecule has 3 unspecified atom stereocenters. The molecule has 0 aliphatic heterocycles. The van der Waals surface area contributed by atoms with Crippen molar-refractivity contribution in [3.8, 4) is 0 Å². The Bertz CT molecular complexity index is 274. The lowest BCUT2D eigenvalue weighted by Crippen LogP contribution is -2.42. The van der Waals surface area contributed by atoms with Gasteiger partial charge in [0.15, 0.2) is 0 Å². The van der Waals surface area contributed by atoms with Crippen molar-refractivity contribution in [2.45, 2.75) is 51.4 Å². The maximum atomic E-state index is 5.12. The molecule has 2 bridgehead atoms. The van der Waals surface area contributed by atoms with Crippen LogP contribution in [0.2, 0.25) is 0 Å². The van der Waals surface area contributed by atoms with E-state index in [1.165, 1.54) is 32.2 Å². The molecule has 3 atom stereocenters. The molecule has 0 radical (unpaired) electrons. The van der Waals surface area contributed by atoms with Gasteiger partial charge in [-0.15, -0.1) is 0 Å². The average Bonchev–Trinajstić information content (AvgIpc) is 2.93. The van der Waals surface area contributed by atoms with Gasteiger partial charge in [0.25, 0.3) is 0 Å². The Morgan fingerprint density at radius 2 is 2.11 bits per heavy atom. The lowest BCUT2D eigenvalue weighted by molar-refractivity contribution is 0.0726. The van der Waals surface area contributed by atoms with Crippen LogP contribution in [0.5, 0.6) is 0 Å². The van der Waals surface area contributed by atoms with Gasteiger partial charge in [-0.05, 0) is 61.7 Å². The monoisotopic (exact) mass is 251 g/mol. The first-order chi connectivity index (χ1) is 8.81. The predicted molar refractivity (Wildman–Crippen MR) is 74.6 cm³/mol. The summed E-state index contributed by atoms with van der Waals surface area (Å²) in [4.78, 5) is 0. The van der Waals surface area contributed by atoms with Gasteiger partial charge in [0.2, 0.25) is 0 Å². The van der Waals surface area contributed by atoms with Crippen molar-refractivity contribution < 1.29 is 4.74 Å². The second kappa shape index (κ2) is 5.50. The van der Waals surface area contributed by atoms with Crippen molar-refractivity contribution in [1.29, 1.82) is 0 Å². The van der Waals surface area contributed by atoms with Crippen LogP contribution in [0.1, 0.15) is 51.4 Å². The van der Waals surface area contributed by atoms with Crippen LogP contribution in [-0.4, -0.2) is 26.8 Å². The van der Waals surface area contributed by atoms with E-state index in [1.54, 1.807) is 32.8 Å². The van der Waals surface area contributed by atoms with Gasteiger partial charge in [0, 0.05) is 20.2 Å². The Balaban J connectivity index is 1.46. The van der Waals surface area contributed by atoms with Gasteiger partial charge in [0.1, 0.15) is 0 Å². The number of fused-ring (bicyclic) bond motifs is 2. The summed E-state index contributed by atoms with van der Waals surface area (Å²) >= 11 is 0. The first-order valence-electron chi connectivity index (χ1n) is 8.01. The third-order valence-electron chi connectivity index (χ3n) is 5.98. The lowest BCUT2D eigenvalue weighted by atomic mass is 9.62. The highest BCUT2D eigenvalue weighted by Crippen LogP contribution is 2.55. The average molecular weight is 251 g/mol. The fourth-order valence-corrected chi connectivity index (χ4v) is 4.84. The van der Waals surface area contributed by atoms with Crippen molar-refractivity contribution in [2.75, 3.05) is 26.8 Å². The molecule has 0 aromatic rings. The number of rotatable bonds is 7. The second-order valence-electron chi connectivity index (χ2n) is 7.16. The van der Waals surface area contributed by atoms with Gasteiger partial charge in [-0.1, -0.05) is 12.8 Å². The molecule has 3 rings (SSSR count). The third-order valence-corrected chi connectivity index (χ3v) is 5.98. The number of methoxy groups -OCH3 is 1. The molecule has 3 saturated carbocycles. The molecule has 0 spiro atoms. The summed E-state index contributed by atoms with van der Waals surface area (Å²) in [6.07, 6.45) is 12.1. The highest BCUT2D eigenvalue weighted by molar-refractivity contribution is 4.97. The minimum Gasteiger partial charge on any atom is -0.383 e. The van der Waals surface area contributed by atoms with E-state index < -0.39 is 0 Å². The van der Waals surface area contributed by atoms with Crippen LogP contribution >= 0.6 is 0 Å². The van der Waals surface area contributed by atoms with E-state index >= 15 is 0 Å². The fraction of sp³-hybridized carbons (Fsp3) is 1.00. The third kappa shape index (κ3) is 2.60. The Labute approximate surface area is 112 Å². The number of hydrogen-bond donors (Lipinski definition) is 1. The Kier molecular flexibility index (Phi) is 3.95. The first-order valence-corrected chi connectivity index (χ1v) is 8.01. The summed E-state index contributed by atoms with van der Waals surface area (Å²) in [5.74, 6) is 3.29. The molecule has 0 aromatic carbocycles. The molecule has 0 aromatic heterocycles. The summed E-state index contributed by atoms with van der Waals surface area (Å²) in [7, 11) is 1.79. The summed E-state index contributed by atoms with van der Waals surface area (Å²) in [6.45, 7) is 3.11. The molecule has 3 aliphatic carbocycles. The highest BCUT2D eigenvalue weighted by Gasteiger charge is 2.45. The zero-order valence-corrected chi connectivity index (χ0v) is 11.9. The summed E-state index contributed by atoms with van der Waals surface area (Å²) in [5.41, 5.74) is 0.670. The van der Waals surface area contributed by atoms with Gasteiger partial charge in [-0.3, -0.25) is 0 Å². The van der Waals surface area contributed by atoms with Crippen LogP contribution in [0, 0.1) is 23.2 Å². The van der Waals surface area contributed by atoms with Gasteiger partial charge < -0.3 is 10.1 Å². The van der Waals surface area contributed by atoms with Gasteiger partial charge in [0.05, 0.1) is 6.61 Å². The molecule has 0 heterocycles. The summed E-state index contributed by atoms with van der Waals surface area (Å²) < 4.78 is 5.12. The summed E-state index contributed by atoms with van der Waals surface area (Å²) in [5, 5.41) is 3.62. The Hall–Kier alpha value is -0.0800. The predicted octanol–water partition coefficient (Wildman–Crippen LogP) is 3.22. The van der Waals surface area contributed by atoms with E-state index in [4.69, 9.17) is 4.74 Å². The van der Waals surface area contributed by atoms with Gasteiger partial charge in [-0.2, -0.15) is 0 Å². The van der Waals surface area contributed by atoms with E-state index in [9.17, 15) is 0 Å². The van der Waals surface area contributed by atoms with Gasteiger partial charge in [-0.25, -0.2) is 0 Å². The van der Waals surface area contributed by atoms with Crippen LogP contribution in [0.15, 0.2) is 0 Å². The zero-order chi connectivity index (χ0) is 12.4. The van der Waals surface area contributed by atoms with Crippen LogP contribution in [0.25, 0.3) is 0 Å². The first kappa shape index (κ1) is 12.9. The zero-order valence-electron chi connectivity index (χ0n) is 11.9. The molecular weight excluding hydrogens is 222 g/mol. The maximum absolute atomic E-state index is 5.12. The number of hydrogen-bond acceptors (Lipinski definition) is 2. The molecule has 18 heavy (non-hydrogen) atoms. The van der Waals surface area contributed by atoms with Crippen molar-refractivity contribution >= 4 is 0 Å². The molecule has 0 saturated heterocycles. The SMILES string of the molecule is COCCNCC1(CC2CC3CCC2C3)CCC1. The minimum atomic E-state index is 0.670. The topological polar surface area (TPSA) is 21.3 Å². The van der Waals surface area contributed by atoms with Crippen LogP contribution in [-0.2, 0) is 4.74 Å². The molecule has 2 nitrogen and oxygen atoms in total. The maximum Gasteiger partial charge on any atom is 0.0587 e. The van der Waals surface area contributed by atoms with Crippen LogP contribution in [0.4, 0.5) is 0 Å². The summed E-state index contributed by atoms with van der Waals surface area (Å²) in [6, 6.07) is 0. The molecule has 3 aliphatic rings. The van der Waals surface area contributed by atoms with Crippen molar-refractivity contribution in [3.05, 3.63) is 0 Å². The highest BCUT2D eigenvalue weighted by atomic mass is 16.5. The molecule has 3 fully saturated rings. The molecule has 104 valence electrons. The largest absolute Gasteiger partial charge is 0.383 e. The standard InChI is InChI=1S/C16H29NO/c1-18-8-7-17-12-16(5-2-6-16)11-15-10-13-3-4-14(15)9-13/h13-15,17H,2-12H2,1H3. The smallest absolute Gasteiger partial charge is 0.0587 e. The number of ether oxygens (including phenoxy) is 1. The van der Waals surface area contributed by atoms with E-state index in [0.29, 0.717) is 5.41 Å². The molecule has 0 amide bonds. The molecule has 1 N–H and O–H groups in total. The van der Waals surface area contributed by atoms with E-state index in [0.717, 1.165) is 30.9 Å². The lowest BCUT2D eigenvalue weighted by Gasteiger charge is -2.45. The second-order valence-corrected chi connectivity index (χ2v) is 7.16. The quantitative estimate of drug-likeness (QED) is 0.702. The molecule has 2 heteroatoms. The Morgan fingerprint density at radius 1 is 1.22 bits per heavy atom. The normalized spacial score (nSPS) is 36.8. The van der Waals surface area contributed by atoms with E-state index in [2.05, 4.69) is 5.32 Å². The number of nitrogens with one attached hydrogen (secondary N) is 1. The van der Waals surface area contributed by atoms with Crippen molar-refractivity contribution in [1.82, 2.24) is 5.32 Å². The van der Waals surface area contributed by atoms with Crippen LogP contribution < -0.4 is 5.32 Å². The van der Waals surface area contributed by atoms with Crippen LogP contribution in [0.3, 0.4) is 0 Å².